The van der Waals surface area contributed by atoms with Crippen molar-refractivity contribution in [2.24, 2.45) is 11.7 Å². The van der Waals surface area contributed by atoms with Gasteiger partial charge >= 0.3 is 0 Å². The highest BCUT2D eigenvalue weighted by Crippen LogP contribution is 2.30. The Hall–Kier alpha value is -1.02. The number of nitrogens with two attached hydrogens (primary N) is 1. The Morgan fingerprint density at radius 2 is 1.74 bits per heavy atom. The third kappa shape index (κ3) is 3.73. The van der Waals surface area contributed by atoms with E-state index in [1.54, 1.807) is 0 Å². The van der Waals surface area contributed by atoms with E-state index < -0.39 is 0 Å². The summed E-state index contributed by atoms with van der Waals surface area (Å²) in [4.78, 5) is 2.62. The van der Waals surface area contributed by atoms with E-state index in [0.717, 1.165) is 12.0 Å². The number of anilines is 1. The molecule has 19 heavy (non-hydrogen) atoms. The van der Waals surface area contributed by atoms with Crippen molar-refractivity contribution in [2.45, 2.75) is 58.5 Å². The minimum Gasteiger partial charge on any atom is -0.369 e. The van der Waals surface area contributed by atoms with E-state index in [-0.39, 0.29) is 0 Å². The van der Waals surface area contributed by atoms with Crippen molar-refractivity contribution in [2.75, 3.05) is 11.4 Å². The van der Waals surface area contributed by atoms with Gasteiger partial charge in [0.15, 0.2) is 0 Å². The van der Waals surface area contributed by atoms with Crippen LogP contribution in [0.15, 0.2) is 24.3 Å². The van der Waals surface area contributed by atoms with Crippen LogP contribution >= 0.6 is 0 Å². The van der Waals surface area contributed by atoms with Crippen molar-refractivity contribution < 1.29 is 0 Å². The summed E-state index contributed by atoms with van der Waals surface area (Å²) in [5.41, 5.74) is 8.27. The molecule has 0 radical (unpaired) electrons. The van der Waals surface area contributed by atoms with Crippen LogP contribution in [-0.4, -0.2) is 12.6 Å². The number of rotatable bonds is 5. The van der Waals surface area contributed by atoms with Crippen molar-refractivity contribution >= 4 is 5.69 Å². The standard InChI is InChI=1S/C17H28N2/c1-3-12-19(16-8-4-14(2)5-9-16)17-10-6-15(13-18)7-11-17/h6-7,10-11,14,16H,3-5,8-9,12-13,18H2,1-2H3. The minimum atomic E-state index is 0.634. The molecule has 106 valence electrons. The molecule has 1 aliphatic carbocycles. The van der Waals surface area contributed by atoms with Crippen LogP contribution in [0.2, 0.25) is 0 Å². The summed E-state index contributed by atoms with van der Waals surface area (Å²) >= 11 is 0. The minimum absolute atomic E-state index is 0.634. The molecule has 2 rings (SSSR count). The molecule has 1 aliphatic rings. The highest BCUT2D eigenvalue weighted by Gasteiger charge is 2.23. The van der Waals surface area contributed by atoms with E-state index in [0.29, 0.717) is 6.54 Å². The van der Waals surface area contributed by atoms with E-state index in [1.807, 2.05) is 0 Å². The van der Waals surface area contributed by atoms with Gasteiger partial charge in [-0.2, -0.15) is 0 Å². The van der Waals surface area contributed by atoms with Crippen molar-refractivity contribution in [1.82, 2.24) is 0 Å². The average Bonchev–Trinajstić information content (AvgIpc) is 2.46. The van der Waals surface area contributed by atoms with Gasteiger partial charge in [-0.05, 0) is 55.7 Å². The van der Waals surface area contributed by atoms with Gasteiger partial charge < -0.3 is 10.6 Å². The lowest BCUT2D eigenvalue weighted by Crippen LogP contribution is -2.38. The van der Waals surface area contributed by atoms with Gasteiger partial charge in [0.1, 0.15) is 0 Å². The zero-order valence-electron chi connectivity index (χ0n) is 12.4. The van der Waals surface area contributed by atoms with Gasteiger partial charge in [0.25, 0.3) is 0 Å². The molecule has 0 aromatic heterocycles. The SMILES string of the molecule is CCCN(c1ccc(CN)cc1)C1CCC(C)CC1. The zero-order valence-corrected chi connectivity index (χ0v) is 12.4. The fourth-order valence-corrected chi connectivity index (χ4v) is 3.14. The monoisotopic (exact) mass is 260 g/mol. The fraction of sp³-hybridized carbons (Fsp3) is 0.647. The molecule has 1 saturated carbocycles. The first-order chi connectivity index (χ1) is 9.24. The Kier molecular flexibility index (Phi) is 5.26. The van der Waals surface area contributed by atoms with Crippen LogP contribution in [0.4, 0.5) is 5.69 Å². The van der Waals surface area contributed by atoms with Gasteiger partial charge in [0.2, 0.25) is 0 Å². The Bertz CT molecular complexity index is 363. The molecule has 0 saturated heterocycles. The smallest absolute Gasteiger partial charge is 0.0368 e. The maximum Gasteiger partial charge on any atom is 0.0368 e. The summed E-state index contributed by atoms with van der Waals surface area (Å²) in [6, 6.07) is 9.57. The number of hydrogen-bond acceptors (Lipinski definition) is 2. The highest BCUT2D eigenvalue weighted by molar-refractivity contribution is 5.48. The van der Waals surface area contributed by atoms with Gasteiger partial charge in [0.05, 0.1) is 0 Å². The van der Waals surface area contributed by atoms with Crippen LogP contribution in [0.5, 0.6) is 0 Å². The second-order valence-corrected chi connectivity index (χ2v) is 5.98. The molecule has 1 fully saturated rings. The van der Waals surface area contributed by atoms with E-state index >= 15 is 0 Å². The van der Waals surface area contributed by atoms with E-state index in [2.05, 4.69) is 43.0 Å². The molecule has 1 aromatic carbocycles. The lowest BCUT2D eigenvalue weighted by Gasteiger charge is -2.37. The molecule has 0 spiro atoms. The zero-order chi connectivity index (χ0) is 13.7. The maximum absolute atomic E-state index is 5.68. The number of hydrogen-bond donors (Lipinski definition) is 1. The predicted molar refractivity (Wildman–Crippen MR) is 83.4 cm³/mol. The summed E-state index contributed by atoms with van der Waals surface area (Å²) < 4.78 is 0. The fourth-order valence-electron chi connectivity index (χ4n) is 3.14. The van der Waals surface area contributed by atoms with Crippen LogP contribution in [0.25, 0.3) is 0 Å². The van der Waals surface area contributed by atoms with Crippen LogP contribution in [0.3, 0.4) is 0 Å². The molecular formula is C17H28N2. The number of benzene rings is 1. The average molecular weight is 260 g/mol. The summed E-state index contributed by atoms with van der Waals surface area (Å²) in [6.07, 6.45) is 6.67. The topological polar surface area (TPSA) is 29.3 Å². The molecule has 0 aliphatic heterocycles. The summed E-state index contributed by atoms with van der Waals surface area (Å²) in [5, 5.41) is 0. The first-order valence-corrected chi connectivity index (χ1v) is 7.80. The highest BCUT2D eigenvalue weighted by atomic mass is 15.2. The van der Waals surface area contributed by atoms with Gasteiger partial charge in [-0.1, -0.05) is 26.0 Å². The Morgan fingerprint density at radius 3 is 2.26 bits per heavy atom. The molecule has 1 aromatic rings. The van der Waals surface area contributed by atoms with Gasteiger partial charge in [-0.3, -0.25) is 0 Å². The lowest BCUT2D eigenvalue weighted by molar-refractivity contribution is 0.334. The first kappa shape index (κ1) is 14.4. The Balaban J connectivity index is 2.09. The number of nitrogens with zero attached hydrogens (tertiary/aromatic N) is 1. The third-order valence-electron chi connectivity index (χ3n) is 4.39. The lowest BCUT2D eigenvalue weighted by atomic mass is 9.86. The summed E-state index contributed by atoms with van der Waals surface area (Å²) in [7, 11) is 0. The third-order valence-corrected chi connectivity index (χ3v) is 4.39. The molecule has 0 amide bonds. The first-order valence-electron chi connectivity index (χ1n) is 7.80. The van der Waals surface area contributed by atoms with E-state index in [9.17, 15) is 0 Å². The second-order valence-electron chi connectivity index (χ2n) is 5.98. The van der Waals surface area contributed by atoms with Crippen LogP contribution in [0.1, 0.15) is 51.5 Å². The summed E-state index contributed by atoms with van der Waals surface area (Å²) in [5.74, 6) is 0.916. The van der Waals surface area contributed by atoms with Crippen molar-refractivity contribution in [3.05, 3.63) is 29.8 Å². The van der Waals surface area contributed by atoms with Crippen LogP contribution in [0, 0.1) is 5.92 Å². The van der Waals surface area contributed by atoms with Gasteiger partial charge in [-0.15, -0.1) is 0 Å². The molecule has 2 heteroatoms. The Labute approximate surface area is 118 Å². The largest absolute Gasteiger partial charge is 0.369 e. The molecule has 0 heterocycles. The molecule has 0 unspecified atom stereocenters. The molecular weight excluding hydrogens is 232 g/mol. The van der Waals surface area contributed by atoms with Crippen LogP contribution < -0.4 is 10.6 Å². The maximum atomic E-state index is 5.68. The van der Waals surface area contributed by atoms with Crippen LogP contribution in [-0.2, 0) is 6.54 Å². The quantitative estimate of drug-likeness (QED) is 0.869. The van der Waals surface area contributed by atoms with E-state index in [4.69, 9.17) is 5.73 Å². The molecule has 2 N–H and O–H groups in total. The summed E-state index contributed by atoms with van der Waals surface area (Å²) in [6.45, 7) is 6.46. The van der Waals surface area contributed by atoms with Gasteiger partial charge in [0, 0.05) is 24.8 Å². The normalized spacial score (nSPS) is 23.3. The predicted octanol–water partition coefficient (Wildman–Crippen LogP) is 3.94. The van der Waals surface area contributed by atoms with E-state index in [1.165, 1.54) is 49.9 Å². The van der Waals surface area contributed by atoms with Crippen molar-refractivity contribution in [3.8, 4) is 0 Å². The van der Waals surface area contributed by atoms with Crippen molar-refractivity contribution in [3.63, 3.8) is 0 Å². The van der Waals surface area contributed by atoms with Gasteiger partial charge in [-0.25, -0.2) is 0 Å². The second kappa shape index (κ2) is 6.95. The molecule has 2 nitrogen and oxygen atoms in total. The molecule has 0 bridgehead atoms. The Morgan fingerprint density at radius 1 is 1.11 bits per heavy atom. The van der Waals surface area contributed by atoms with Crippen molar-refractivity contribution in [1.29, 1.82) is 0 Å². The molecule has 0 atom stereocenters.